The van der Waals surface area contributed by atoms with Gasteiger partial charge in [-0.15, -0.1) is 10.2 Å². The summed E-state index contributed by atoms with van der Waals surface area (Å²) >= 11 is 0. The monoisotopic (exact) mass is 286 g/mol. The number of amides is 2. The van der Waals surface area contributed by atoms with Gasteiger partial charge in [0.1, 0.15) is 0 Å². The lowest BCUT2D eigenvalue weighted by Crippen LogP contribution is -2.36. The van der Waals surface area contributed by atoms with Crippen LogP contribution in [0.4, 0.5) is 10.5 Å². The summed E-state index contributed by atoms with van der Waals surface area (Å²) in [6, 6.07) is 7.50. The average molecular weight is 286 g/mol. The Labute approximate surface area is 123 Å². The van der Waals surface area contributed by atoms with E-state index in [2.05, 4.69) is 20.8 Å². The van der Waals surface area contributed by atoms with Crippen molar-refractivity contribution >= 4 is 11.7 Å². The zero-order valence-corrected chi connectivity index (χ0v) is 11.9. The first-order chi connectivity index (χ1) is 10.2. The molecule has 1 aromatic carbocycles. The molecule has 2 N–H and O–H groups in total. The van der Waals surface area contributed by atoms with E-state index in [9.17, 15) is 4.79 Å². The van der Waals surface area contributed by atoms with Crippen molar-refractivity contribution in [1.29, 1.82) is 0 Å². The maximum Gasteiger partial charge on any atom is 0.319 e. The molecule has 2 amide bonds. The highest BCUT2D eigenvalue weighted by atomic mass is 16.4. The number of hydrogen-bond donors (Lipinski definition) is 2. The van der Waals surface area contributed by atoms with E-state index in [1.807, 2.05) is 24.3 Å². The molecule has 0 saturated heterocycles. The Morgan fingerprint density at radius 3 is 2.52 bits per heavy atom. The fourth-order valence-electron chi connectivity index (χ4n) is 2.53. The quantitative estimate of drug-likeness (QED) is 0.908. The van der Waals surface area contributed by atoms with Gasteiger partial charge in [-0.3, -0.25) is 0 Å². The zero-order chi connectivity index (χ0) is 14.7. The molecule has 110 valence electrons. The molecule has 1 aliphatic rings. The molecule has 21 heavy (non-hydrogen) atoms. The summed E-state index contributed by atoms with van der Waals surface area (Å²) in [5, 5.41) is 13.6. The third kappa shape index (κ3) is 3.39. The highest BCUT2D eigenvalue weighted by Crippen LogP contribution is 2.20. The van der Waals surface area contributed by atoms with E-state index >= 15 is 0 Å². The Balaban J connectivity index is 1.60. The second kappa shape index (κ2) is 5.95. The van der Waals surface area contributed by atoms with Gasteiger partial charge in [-0.2, -0.15) is 0 Å². The minimum Gasteiger partial charge on any atom is -0.421 e. The minimum atomic E-state index is -0.150. The summed E-state index contributed by atoms with van der Waals surface area (Å²) in [7, 11) is 0. The van der Waals surface area contributed by atoms with Crippen LogP contribution in [0.15, 0.2) is 28.7 Å². The zero-order valence-electron chi connectivity index (χ0n) is 11.9. The number of nitrogens with one attached hydrogen (secondary N) is 2. The van der Waals surface area contributed by atoms with Crippen LogP contribution in [0.3, 0.4) is 0 Å². The highest BCUT2D eigenvalue weighted by Gasteiger charge is 2.17. The fraction of sp³-hybridized carbons (Fsp3) is 0.400. The summed E-state index contributed by atoms with van der Waals surface area (Å²) in [6.07, 6.45) is 4.54. The van der Waals surface area contributed by atoms with Crippen molar-refractivity contribution < 1.29 is 9.21 Å². The fourth-order valence-corrected chi connectivity index (χ4v) is 2.53. The number of urea groups is 1. The van der Waals surface area contributed by atoms with E-state index in [0.29, 0.717) is 17.8 Å². The molecule has 6 heteroatoms. The van der Waals surface area contributed by atoms with E-state index < -0.39 is 0 Å². The average Bonchev–Trinajstić information content (AvgIpc) is 3.11. The van der Waals surface area contributed by atoms with E-state index in [1.165, 1.54) is 12.8 Å². The van der Waals surface area contributed by atoms with Crippen LogP contribution in [0.2, 0.25) is 0 Å². The topological polar surface area (TPSA) is 80.0 Å². The van der Waals surface area contributed by atoms with Gasteiger partial charge in [0.15, 0.2) is 0 Å². The van der Waals surface area contributed by atoms with Gasteiger partial charge in [-0.25, -0.2) is 4.79 Å². The molecule has 3 rings (SSSR count). The Morgan fingerprint density at radius 2 is 1.90 bits per heavy atom. The molecule has 0 unspecified atom stereocenters. The van der Waals surface area contributed by atoms with Gasteiger partial charge in [0.2, 0.25) is 11.8 Å². The second-order valence-electron chi connectivity index (χ2n) is 5.28. The van der Waals surface area contributed by atoms with Crippen LogP contribution in [-0.4, -0.2) is 22.3 Å². The Morgan fingerprint density at radius 1 is 1.19 bits per heavy atom. The molecule has 6 nitrogen and oxygen atoms in total. The van der Waals surface area contributed by atoms with Gasteiger partial charge in [-0.1, -0.05) is 12.8 Å². The van der Waals surface area contributed by atoms with Crippen molar-refractivity contribution in [2.75, 3.05) is 5.32 Å². The normalized spacial score (nSPS) is 15.1. The molecule has 1 fully saturated rings. The van der Waals surface area contributed by atoms with Gasteiger partial charge >= 0.3 is 6.03 Å². The van der Waals surface area contributed by atoms with Crippen LogP contribution in [0.25, 0.3) is 11.5 Å². The van der Waals surface area contributed by atoms with E-state index in [1.54, 1.807) is 6.92 Å². The molecule has 2 aromatic rings. The number of carbonyl (C=O) groups is 1. The molecular weight excluding hydrogens is 268 g/mol. The van der Waals surface area contributed by atoms with Gasteiger partial charge in [0, 0.05) is 24.2 Å². The maximum absolute atomic E-state index is 11.9. The second-order valence-corrected chi connectivity index (χ2v) is 5.28. The number of anilines is 1. The third-order valence-corrected chi connectivity index (χ3v) is 3.61. The first-order valence-electron chi connectivity index (χ1n) is 7.19. The van der Waals surface area contributed by atoms with Gasteiger partial charge in [0.25, 0.3) is 0 Å². The van der Waals surface area contributed by atoms with Crippen molar-refractivity contribution in [2.45, 2.75) is 38.6 Å². The van der Waals surface area contributed by atoms with Crippen molar-refractivity contribution in [3.8, 4) is 11.5 Å². The molecule has 1 heterocycles. The Kier molecular flexibility index (Phi) is 3.85. The third-order valence-electron chi connectivity index (χ3n) is 3.61. The molecule has 1 aliphatic carbocycles. The molecule has 1 saturated carbocycles. The summed E-state index contributed by atoms with van der Waals surface area (Å²) in [4.78, 5) is 11.9. The summed E-state index contributed by atoms with van der Waals surface area (Å²) in [6.45, 7) is 1.75. The van der Waals surface area contributed by atoms with Gasteiger partial charge < -0.3 is 15.1 Å². The molecule has 0 bridgehead atoms. The SMILES string of the molecule is Cc1nnc(-c2ccc(NC(=O)NC3CCCC3)cc2)o1. The lowest BCUT2D eigenvalue weighted by Gasteiger charge is -2.12. The highest BCUT2D eigenvalue weighted by molar-refractivity contribution is 5.89. The van der Waals surface area contributed by atoms with Crippen molar-refractivity contribution in [1.82, 2.24) is 15.5 Å². The predicted molar refractivity (Wildman–Crippen MR) is 78.9 cm³/mol. The molecule has 0 aliphatic heterocycles. The largest absolute Gasteiger partial charge is 0.421 e. The van der Waals surface area contributed by atoms with Crippen molar-refractivity contribution in [3.63, 3.8) is 0 Å². The van der Waals surface area contributed by atoms with E-state index in [4.69, 9.17) is 4.42 Å². The minimum absolute atomic E-state index is 0.150. The number of hydrogen-bond acceptors (Lipinski definition) is 4. The molecule has 0 spiro atoms. The maximum atomic E-state index is 11.9. The molecular formula is C15H18N4O2. The Hall–Kier alpha value is -2.37. The van der Waals surface area contributed by atoms with Crippen molar-refractivity contribution in [2.24, 2.45) is 0 Å². The van der Waals surface area contributed by atoms with Crippen LogP contribution >= 0.6 is 0 Å². The van der Waals surface area contributed by atoms with Gasteiger partial charge in [-0.05, 0) is 37.1 Å². The smallest absolute Gasteiger partial charge is 0.319 e. The Bertz CT molecular complexity index is 615. The summed E-state index contributed by atoms with van der Waals surface area (Å²) < 4.78 is 5.36. The number of carbonyl (C=O) groups excluding carboxylic acids is 1. The van der Waals surface area contributed by atoms with E-state index in [-0.39, 0.29) is 6.03 Å². The number of nitrogens with zero attached hydrogens (tertiary/aromatic N) is 2. The molecule has 0 atom stereocenters. The molecule has 0 radical (unpaired) electrons. The summed E-state index contributed by atoms with van der Waals surface area (Å²) in [5.74, 6) is 1.01. The predicted octanol–water partition coefficient (Wildman–Crippen LogP) is 3.11. The van der Waals surface area contributed by atoms with Crippen LogP contribution in [0, 0.1) is 6.92 Å². The number of aromatic nitrogens is 2. The lowest BCUT2D eigenvalue weighted by atomic mass is 10.2. The van der Waals surface area contributed by atoms with E-state index in [0.717, 1.165) is 24.1 Å². The number of rotatable bonds is 3. The van der Waals surface area contributed by atoms with Crippen LogP contribution in [0.5, 0.6) is 0 Å². The van der Waals surface area contributed by atoms with Crippen LogP contribution < -0.4 is 10.6 Å². The molecule has 1 aromatic heterocycles. The van der Waals surface area contributed by atoms with Crippen LogP contribution in [0.1, 0.15) is 31.6 Å². The van der Waals surface area contributed by atoms with Gasteiger partial charge in [0.05, 0.1) is 0 Å². The first-order valence-corrected chi connectivity index (χ1v) is 7.19. The summed E-state index contributed by atoms with van der Waals surface area (Å²) in [5.41, 5.74) is 1.57. The van der Waals surface area contributed by atoms with Crippen LogP contribution in [-0.2, 0) is 0 Å². The standard InChI is InChI=1S/C15H18N4O2/c1-10-18-19-14(21-10)11-6-8-13(9-7-11)17-15(20)16-12-4-2-3-5-12/h6-9,12H,2-5H2,1H3,(H2,16,17,20). The lowest BCUT2D eigenvalue weighted by molar-refractivity contribution is 0.248. The van der Waals surface area contributed by atoms with Crippen molar-refractivity contribution in [3.05, 3.63) is 30.2 Å². The number of benzene rings is 1. The first kappa shape index (κ1) is 13.6. The number of aryl methyl sites for hydroxylation is 1.